The van der Waals surface area contributed by atoms with E-state index in [1.54, 1.807) is 6.92 Å². The highest BCUT2D eigenvalue weighted by molar-refractivity contribution is 7.92. The van der Waals surface area contributed by atoms with E-state index in [1.165, 1.54) is 25.3 Å². The second-order valence-corrected chi connectivity index (χ2v) is 8.36. The van der Waals surface area contributed by atoms with Gasteiger partial charge >= 0.3 is 0 Å². The van der Waals surface area contributed by atoms with Gasteiger partial charge in [0.2, 0.25) is 5.91 Å². The van der Waals surface area contributed by atoms with Gasteiger partial charge < -0.3 is 5.32 Å². The Morgan fingerprint density at radius 2 is 1.95 bits per heavy atom. The lowest BCUT2D eigenvalue weighted by atomic mass is 10.2. The molecule has 0 bridgehead atoms. The molecule has 1 atom stereocenters. The van der Waals surface area contributed by atoms with Crippen LogP contribution in [0, 0.1) is 6.92 Å². The molecule has 1 amide bonds. The SMILES string of the molecule is CNC(=O)[C@H](C)S(=O)(=O)Cc1sc(-c2ccccc2)nc1C. The molecule has 1 aromatic heterocycles. The molecule has 0 saturated heterocycles. The Balaban J connectivity index is 2.28. The first-order valence-electron chi connectivity index (χ1n) is 6.80. The molecule has 1 aromatic carbocycles. The highest BCUT2D eigenvalue weighted by Crippen LogP contribution is 2.29. The predicted molar refractivity (Wildman–Crippen MR) is 88.4 cm³/mol. The molecule has 0 saturated carbocycles. The molecule has 0 spiro atoms. The van der Waals surface area contributed by atoms with Gasteiger partial charge in [-0.15, -0.1) is 11.3 Å². The van der Waals surface area contributed by atoms with Crippen molar-refractivity contribution >= 4 is 27.1 Å². The molecule has 0 unspecified atom stereocenters. The zero-order chi connectivity index (χ0) is 16.3. The number of benzene rings is 1. The first-order valence-corrected chi connectivity index (χ1v) is 9.33. The third-order valence-corrected chi connectivity index (χ3v) is 6.77. The minimum Gasteiger partial charge on any atom is -0.358 e. The summed E-state index contributed by atoms with van der Waals surface area (Å²) in [6.07, 6.45) is 0. The van der Waals surface area contributed by atoms with E-state index < -0.39 is 21.0 Å². The normalized spacial score (nSPS) is 12.9. The maximum absolute atomic E-state index is 12.3. The van der Waals surface area contributed by atoms with Gasteiger partial charge in [-0.25, -0.2) is 13.4 Å². The fraction of sp³-hybridized carbons (Fsp3) is 0.333. The van der Waals surface area contributed by atoms with Gasteiger partial charge in [-0.2, -0.15) is 0 Å². The average molecular weight is 338 g/mol. The third kappa shape index (κ3) is 3.53. The van der Waals surface area contributed by atoms with Crippen LogP contribution in [0.3, 0.4) is 0 Å². The number of hydrogen-bond acceptors (Lipinski definition) is 5. The van der Waals surface area contributed by atoms with Crippen molar-refractivity contribution in [3.05, 3.63) is 40.9 Å². The summed E-state index contributed by atoms with van der Waals surface area (Å²) in [5.74, 6) is -0.664. The number of carbonyl (C=O) groups excluding carboxylic acids is 1. The summed E-state index contributed by atoms with van der Waals surface area (Å²) in [5, 5.41) is 2.09. The Morgan fingerprint density at radius 1 is 1.32 bits per heavy atom. The van der Waals surface area contributed by atoms with Gasteiger partial charge in [0, 0.05) is 17.5 Å². The molecular formula is C15H18N2O3S2. The van der Waals surface area contributed by atoms with E-state index >= 15 is 0 Å². The van der Waals surface area contributed by atoms with E-state index in [9.17, 15) is 13.2 Å². The summed E-state index contributed by atoms with van der Waals surface area (Å²) < 4.78 is 24.6. The summed E-state index contributed by atoms with van der Waals surface area (Å²) in [4.78, 5) is 16.7. The average Bonchev–Trinajstić information content (AvgIpc) is 2.87. The lowest BCUT2D eigenvalue weighted by Gasteiger charge is -2.10. The van der Waals surface area contributed by atoms with E-state index in [1.807, 2.05) is 30.3 Å². The molecule has 0 aliphatic heterocycles. The molecule has 1 heterocycles. The Bertz CT molecular complexity index is 767. The molecule has 0 fully saturated rings. The Morgan fingerprint density at radius 3 is 2.55 bits per heavy atom. The fourth-order valence-electron chi connectivity index (χ4n) is 1.94. The lowest BCUT2D eigenvalue weighted by molar-refractivity contribution is -0.119. The van der Waals surface area contributed by atoms with Gasteiger partial charge in [0.25, 0.3) is 0 Å². The number of aryl methyl sites for hydroxylation is 1. The Kier molecular flexibility index (Phi) is 4.97. The molecule has 0 radical (unpaired) electrons. The van der Waals surface area contributed by atoms with E-state index in [0.717, 1.165) is 10.6 Å². The largest absolute Gasteiger partial charge is 0.358 e. The van der Waals surface area contributed by atoms with Gasteiger partial charge in [-0.05, 0) is 13.8 Å². The van der Waals surface area contributed by atoms with Crippen LogP contribution in [0.5, 0.6) is 0 Å². The number of amides is 1. The van der Waals surface area contributed by atoms with Gasteiger partial charge in [-0.3, -0.25) is 4.79 Å². The number of aromatic nitrogens is 1. The maximum Gasteiger partial charge on any atom is 0.237 e. The molecule has 2 rings (SSSR count). The molecule has 1 N–H and O–H groups in total. The minimum atomic E-state index is -3.56. The van der Waals surface area contributed by atoms with Crippen molar-refractivity contribution in [3.63, 3.8) is 0 Å². The van der Waals surface area contributed by atoms with E-state index in [-0.39, 0.29) is 5.75 Å². The lowest BCUT2D eigenvalue weighted by Crippen LogP contribution is -2.36. The second-order valence-electron chi connectivity index (χ2n) is 4.96. The number of nitrogens with zero attached hydrogens (tertiary/aromatic N) is 1. The molecule has 2 aromatic rings. The van der Waals surface area contributed by atoms with Crippen LogP contribution in [0.15, 0.2) is 30.3 Å². The van der Waals surface area contributed by atoms with Crippen LogP contribution in [0.2, 0.25) is 0 Å². The summed E-state index contributed by atoms with van der Waals surface area (Å²) >= 11 is 1.35. The molecule has 7 heteroatoms. The fourth-order valence-corrected chi connectivity index (χ4v) is 4.80. The van der Waals surface area contributed by atoms with Gasteiger partial charge in [0.05, 0.1) is 11.4 Å². The highest BCUT2D eigenvalue weighted by Gasteiger charge is 2.29. The Hall–Kier alpha value is -1.73. The van der Waals surface area contributed by atoms with E-state index in [4.69, 9.17) is 0 Å². The zero-order valence-corrected chi connectivity index (χ0v) is 14.3. The number of sulfone groups is 1. The van der Waals surface area contributed by atoms with Crippen molar-refractivity contribution in [2.45, 2.75) is 24.9 Å². The molecule has 0 aliphatic rings. The minimum absolute atomic E-state index is 0.169. The summed E-state index contributed by atoms with van der Waals surface area (Å²) in [6, 6.07) is 9.61. The van der Waals surface area contributed by atoms with Crippen LogP contribution in [-0.4, -0.2) is 31.6 Å². The third-order valence-electron chi connectivity index (χ3n) is 3.40. The van der Waals surface area contributed by atoms with E-state index in [2.05, 4.69) is 10.3 Å². The van der Waals surface area contributed by atoms with Gasteiger partial charge in [0.1, 0.15) is 10.3 Å². The molecule has 22 heavy (non-hydrogen) atoms. The van der Waals surface area contributed by atoms with Crippen LogP contribution in [0.25, 0.3) is 10.6 Å². The molecular weight excluding hydrogens is 320 g/mol. The van der Waals surface area contributed by atoms with Gasteiger partial charge in [0.15, 0.2) is 9.84 Å². The number of rotatable bonds is 5. The smallest absolute Gasteiger partial charge is 0.237 e. The topological polar surface area (TPSA) is 76.1 Å². The van der Waals surface area contributed by atoms with Crippen molar-refractivity contribution in [1.29, 1.82) is 0 Å². The summed E-state index contributed by atoms with van der Waals surface area (Å²) in [6.45, 7) is 3.20. The molecule has 0 aliphatic carbocycles. The van der Waals surface area contributed by atoms with Crippen molar-refractivity contribution in [2.75, 3.05) is 7.05 Å². The number of nitrogens with one attached hydrogen (secondary N) is 1. The number of thiazole rings is 1. The van der Waals surface area contributed by atoms with Crippen molar-refractivity contribution in [3.8, 4) is 10.6 Å². The van der Waals surface area contributed by atoms with Gasteiger partial charge in [-0.1, -0.05) is 30.3 Å². The first kappa shape index (κ1) is 16.6. The van der Waals surface area contributed by atoms with Crippen molar-refractivity contribution in [1.82, 2.24) is 10.3 Å². The van der Waals surface area contributed by atoms with Crippen molar-refractivity contribution in [2.24, 2.45) is 0 Å². The second kappa shape index (κ2) is 6.58. The zero-order valence-electron chi connectivity index (χ0n) is 12.7. The standard InChI is InChI=1S/C15H18N2O3S2/c1-10-13(9-22(19,20)11(2)14(18)16-3)21-15(17-10)12-7-5-4-6-8-12/h4-8,11H,9H2,1-3H3,(H,16,18)/t11-/m0/s1. The molecule has 5 nitrogen and oxygen atoms in total. The highest BCUT2D eigenvalue weighted by atomic mass is 32.2. The van der Waals surface area contributed by atoms with E-state index in [0.29, 0.717) is 10.6 Å². The summed E-state index contributed by atoms with van der Waals surface area (Å²) in [5.41, 5.74) is 1.65. The number of carbonyl (C=O) groups is 1. The van der Waals surface area contributed by atoms with Crippen LogP contribution in [0.4, 0.5) is 0 Å². The number of hydrogen-bond donors (Lipinski definition) is 1. The Labute approximate surface area is 134 Å². The van der Waals surface area contributed by atoms with Crippen LogP contribution < -0.4 is 5.32 Å². The summed E-state index contributed by atoms with van der Waals surface area (Å²) in [7, 11) is -2.13. The van der Waals surface area contributed by atoms with Crippen LogP contribution >= 0.6 is 11.3 Å². The van der Waals surface area contributed by atoms with Crippen LogP contribution in [0.1, 0.15) is 17.5 Å². The van der Waals surface area contributed by atoms with Crippen molar-refractivity contribution < 1.29 is 13.2 Å². The first-order chi connectivity index (χ1) is 10.3. The molecule has 118 valence electrons. The maximum atomic E-state index is 12.3. The predicted octanol–water partition coefficient (Wildman–Crippen LogP) is 2.17. The quantitative estimate of drug-likeness (QED) is 0.906. The van der Waals surface area contributed by atoms with Crippen LogP contribution in [-0.2, 0) is 20.4 Å². The monoisotopic (exact) mass is 338 g/mol.